The van der Waals surface area contributed by atoms with Crippen molar-refractivity contribution in [3.05, 3.63) is 29.6 Å². The first-order valence-corrected chi connectivity index (χ1v) is 7.09. The van der Waals surface area contributed by atoms with Crippen molar-refractivity contribution in [2.45, 2.75) is 39.2 Å². The second kappa shape index (κ2) is 6.15. The summed E-state index contributed by atoms with van der Waals surface area (Å²) in [7, 11) is 0. The van der Waals surface area contributed by atoms with Crippen LogP contribution in [-0.4, -0.2) is 34.9 Å². The van der Waals surface area contributed by atoms with Gasteiger partial charge in [-0.2, -0.15) is 0 Å². The molecule has 0 spiro atoms. The number of likely N-dealkylation sites (tertiary alicyclic amines) is 1. The second-order valence-corrected chi connectivity index (χ2v) is 5.37. The van der Waals surface area contributed by atoms with E-state index in [0.717, 1.165) is 25.1 Å². The first kappa shape index (κ1) is 14.0. The molecule has 2 unspecified atom stereocenters. The Labute approximate surface area is 115 Å². The summed E-state index contributed by atoms with van der Waals surface area (Å²) in [6.45, 7) is 5.48. The molecule has 1 amide bonds. The van der Waals surface area contributed by atoms with Crippen LogP contribution in [0.5, 0.6) is 0 Å². The summed E-state index contributed by atoms with van der Waals surface area (Å²) in [4.78, 5) is 18.6. The molecule has 4 nitrogen and oxygen atoms in total. The molecule has 19 heavy (non-hydrogen) atoms. The van der Waals surface area contributed by atoms with Gasteiger partial charge in [0.25, 0.3) is 5.91 Å². The van der Waals surface area contributed by atoms with Crippen molar-refractivity contribution in [1.82, 2.24) is 9.88 Å². The van der Waals surface area contributed by atoms with Gasteiger partial charge in [-0.05, 0) is 37.8 Å². The number of piperidine rings is 1. The number of aromatic nitrogens is 1. The van der Waals surface area contributed by atoms with Gasteiger partial charge in [-0.15, -0.1) is 0 Å². The summed E-state index contributed by atoms with van der Waals surface area (Å²) in [6.07, 6.45) is 4.94. The average Bonchev–Trinajstić information content (AvgIpc) is 2.46. The van der Waals surface area contributed by atoms with E-state index >= 15 is 0 Å². The zero-order chi connectivity index (χ0) is 13.8. The fourth-order valence-corrected chi connectivity index (χ4v) is 2.76. The molecule has 1 aliphatic rings. The fourth-order valence-electron chi connectivity index (χ4n) is 2.76. The molecule has 2 rings (SSSR count). The van der Waals surface area contributed by atoms with Crippen LogP contribution in [-0.2, 0) is 0 Å². The third kappa shape index (κ3) is 3.13. The van der Waals surface area contributed by atoms with Gasteiger partial charge in [0.2, 0.25) is 0 Å². The number of amides is 1. The molecule has 0 bridgehead atoms. The second-order valence-electron chi connectivity index (χ2n) is 5.37. The maximum atomic E-state index is 12.5. The zero-order valence-electron chi connectivity index (χ0n) is 11.8. The smallest absolute Gasteiger partial charge is 0.255 e. The van der Waals surface area contributed by atoms with Crippen molar-refractivity contribution >= 4 is 5.91 Å². The van der Waals surface area contributed by atoms with Crippen LogP contribution in [0.25, 0.3) is 0 Å². The summed E-state index contributed by atoms with van der Waals surface area (Å²) < 4.78 is 0. The van der Waals surface area contributed by atoms with Gasteiger partial charge in [0.15, 0.2) is 0 Å². The normalized spacial score (nSPS) is 23.4. The largest absolute Gasteiger partial charge is 0.334 e. The number of nitrogens with two attached hydrogens (primary N) is 1. The van der Waals surface area contributed by atoms with Crippen molar-refractivity contribution in [2.75, 3.05) is 13.1 Å². The first-order valence-electron chi connectivity index (χ1n) is 7.09. The standard InChI is InChI=1S/C15H23N3O/c1-3-12-6-7-18(14(8-12)9-16)15(19)13-5-4-11(2)17-10-13/h4-5,10,12,14H,3,6-9,16H2,1-2H3. The van der Waals surface area contributed by atoms with E-state index < -0.39 is 0 Å². The Kier molecular flexibility index (Phi) is 4.53. The Morgan fingerprint density at radius 3 is 2.89 bits per heavy atom. The van der Waals surface area contributed by atoms with E-state index in [-0.39, 0.29) is 11.9 Å². The van der Waals surface area contributed by atoms with Gasteiger partial charge in [-0.1, -0.05) is 13.3 Å². The van der Waals surface area contributed by atoms with E-state index in [1.807, 2.05) is 24.0 Å². The van der Waals surface area contributed by atoms with Crippen LogP contribution in [0.15, 0.2) is 18.3 Å². The molecule has 0 saturated carbocycles. The molecule has 2 heterocycles. The van der Waals surface area contributed by atoms with Gasteiger partial charge in [-0.25, -0.2) is 0 Å². The van der Waals surface area contributed by atoms with Crippen LogP contribution in [0, 0.1) is 12.8 Å². The Balaban J connectivity index is 2.11. The molecular weight excluding hydrogens is 238 g/mol. The number of carbonyl (C=O) groups excluding carboxylic acids is 1. The van der Waals surface area contributed by atoms with E-state index in [2.05, 4.69) is 11.9 Å². The lowest BCUT2D eigenvalue weighted by molar-refractivity contribution is 0.0558. The fraction of sp³-hybridized carbons (Fsp3) is 0.600. The number of nitrogens with zero attached hydrogens (tertiary/aromatic N) is 2. The zero-order valence-corrected chi connectivity index (χ0v) is 11.8. The minimum Gasteiger partial charge on any atom is -0.334 e. The maximum absolute atomic E-state index is 12.5. The third-order valence-electron chi connectivity index (χ3n) is 4.09. The minimum atomic E-state index is 0.0671. The SMILES string of the molecule is CCC1CCN(C(=O)c2ccc(C)nc2)C(CN)C1. The van der Waals surface area contributed by atoms with Crippen LogP contribution >= 0.6 is 0 Å². The molecule has 2 atom stereocenters. The van der Waals surface area contributed by atoms with Crippen LogP contribution in [0.3, 0.4) is 0 Å². The predicted molar refractivity (Wildman–Crippen MR) is 75.9 cm³/mol. The summed E-state index contributed by atoms with van der Waals surface area (Å²) >= 11 is 0. The van der Waals surface area contributed by atoms with E-state index in [0.29, 0.717) is 18.0 Å². The van der Waals surface area contributed by atoms with Crippen molar-refractivity contribution in [3.8, 4) is 0 Å². The highest BCUT2D eigenvalue weighted by atomic mass is 16.2. The number of pyridine rings is 1. The average molecular weight is 261 g/mol. The van der Waals surface area contributed by atoms with E-state index in [9.17, 15) is 4.79 Å². The van der Waals surface area contributed by atoms with Crippen molar-refractivity contribution in [2.24, 2.45) is 11.7 Å². The van der Waals surface area contributed by atoms with E-state index in [4.69, 9.17) is 5.73 Å². The van der Waals surface area contributed by atoms with Gasteiger partial charge in [0.1, 0.15) is 0 Å². The summed E-state index contributed by atoms with van der Waals surface area (Å²) in [5.41, 5.74) is 7.43. The first-order chi connectivity index (χ1) is 9.15. The monoisotopic (exact) mass is 261 g/mol. The van der Waals surface area contributed by atoms with Gasteiger partial charge < -0.3 is 10.6 Å². The Morgan fingerprint density at radius 1 is 1.53 bits per heavy atom. The molecule has 1 aromatic rings. The molecule has 1 fully saturated rings. The Bertz CT molecular complexity index is 430. The van der Waals surface area contributed by atoms with Gasteiger partial charge in [-0.3, -0.25) is 9.78 Å². The van der Waals surface area contributed by atoms with Crippen LogP contribution in [0.1, 0.15) is 42.2 Å². The van der Waals surface area contributed by atoms with Crippen LogP contribution < -0.4 is 5.73 Å². The topological polar surface area (TPSA) is 59.2 Å². The Morgan fingerprint density at radius 2 is 2.32 bits per heavy atom. The number of hydrogen-bond donors (Lipinski definition) is 1. The minimum absolute atomic E-state index is 0.0671. The lowest BCUT2D eigenvalue weighted by atomic mass is 9.88. The highest BCUT2D eigenvalue weighted by Crippen LogP contribution is 2.26. The molecule has 1 aliphatic heterocycles. The van der Waals surface area contributed by atoms with Crippen LogP contribution in [0.2, 0.25) is 0 Å². The summed E-state index contributed by atoms with van der Waals surface area (Å²) in [5, 5.41) is 0. The number of rotatable bonds is 3. The van der Waals surface area contributed by atoms with Gasteiger partial charge in [0.05, 0.1) is 5.56 Å². The van der Waals surface area contributed by atoms with E-state index in [1.54, 1.807) is 6.20 Å². The van der Waals surface area contributed by atoms with E-state index in [1.165, 1.54) is 6.42 Å². The van der Waals surface area contributed by atoms with Crippen molar-refractivity contribution < 1.29 is 4.79 Å². The maximum Gasteiger partial charge on any atom is 0.255 e. The Hall–Kier alpha value is -1.42. The molecule has 1 saturated heterocycles. The predicted octanol–water partition coefficient (Wildman–Crippen LogP) is 1.98. The lowest BCUT2D eigenvalue weighted by Gasteiger charge is -2.38. The van der Waals surface area contributed by atoms with Gasteiger partial charge >= 0.3 is 0 Å². The highest BCUT2D eigenvalue weighted by Gasteiger charge is 2.30. The third-order valence-corrected chi connectivity index (χ3v) is 4.09. The molecule has 1 aromatic heterocycles. The van der Waals surface area contributed by atoms with Gasteiger partial charge in [0, 0.05) is 31.0 Å². The molecule has 0 aliphatic carbocycles. The number of aryl methyl sites for hydroxylation is 1. The molecular formula is C15H23N3O. The summed E-state index contributed by atoms with van der Waals surface area (Å²) in [6, 6.07) is 3.90. The molecule has 0 aromatic carbocycles. The van der Waals surface area contributed by atoms with Crippen molar-refractivity contribution in [3.63, 3.8) is 0 Å². The molecule has 4 heteroatoms. The highest BCUT2D eigenvalue weighted by molar-refractivity contribution is 5.94. The summed E-state index contributed by atoms with van der Waals surface area (Å²) in [5.74, 6) is 0.770. The lowest BCUT2D eigenvalue weighted by Crippen LogP contribution is -2.49. The number of carbonyl (C=O) groups is 1. The molecule has 0 radical (unpaired) electrons. The van der Waals surface area contributed by atoms with Crippen molar-refractivity contribution in [1.29, 1.82) is 0 Å². The van der Waals surface area contributed by atoms with Crippen LogP contribution in [0.4, 0.5) is 0 Å². The number of hydrogen-bond acceptors (Lipinski definition) is 3. The quantitative estimate of drug-likeness (QED) is 0.905. The molecule has 104 valence electrons. The molecule has 2 N–H and O–H groups in total.